The molecular weight excluding hydrogens is 484 g/mol. The van der Waals surface area contributed by atoms with Crippen LogP contribution < -0.4 is 14.4 Å². The van der Waals surface area contributed by atoms with Crippen LogP contribution in [0.2, 0.25) is 5.02 Å². The summed E-state index contributed by atoms with van der Waals surface area (Å²) in [7, 11) is 1.45. The largest absolute Gasteiger partial charge is 0.507 e. The number of hydrogen-bond acceptors (Lipinski definition) is 7. The Hall–Kier alpha value is -4.48. The van der Waals surface area contributed by atoms with Gasteiger partial charge in [0.25, 0.3) is 11.7 Å². The third kappa shape index (κ3) is 4.32. The SMILES string of the molecule is CCOc1cc(C2/C(=C(/O)c3ccc(OC)c(Cl)c3)C(=O)C(=O)N2c2ccc(C#N)cc2)ccc1O. The molecule has 36 heavy (non-hydrogen) atoms. The van der Waals surface area contributed by atoms with Crippen LogP contribution in [0.4, 0.5) is 5.69 Å². The number of phenols is 1. The number of halogens is 1. The van der Waals surface area contributed by atoms with Crippen molar-refractivity contribution in [3.8, 4) is 23.3 Å². The summed E-state index contributed by atoms with van der Waals surface area (Å²) in [4.78, 5) is 27.8. The van der Waals surface area contributed by atoms with Gasteiger partial charge in [-0.1, -0.05) is 17.7 Å². The molecule has 0 saturated carbocycles. The lowest BCUT2D eigenvalue weighted by molar-refractivity contribution is -0.132. The summed E-state index contributed by atoms with van der Waals surface area (Å²) in [5.41, 5.74) is 1.19. The number of aliphatic hydroxyl groups excluding tert-OH is 1. The number of phenolic OH excluding ortho intramolecular Hbond substituents is 1. The zero-order chi connectivity index (χ0) is 26.0. The fourth-order valence-electron chi connectivity index (χ4n) is 4.05. The number of carbonyl (C=O) groups excluding carboxylic acids is 2. The molecule has 1 aliphatic heterocycles. The summed E-state index contributed by atoms with van der Waals surface area (Å²) in [5, 5.41) is 30.8. The van der Waals surface area contributed by atoms with Crippen LogP contribution in [0.15, 0.2) is 66.2 Å². The Kier molecular flexibility index (Phi) is 6.86. The number of aliphatic hydroxyl groups is 1. The Labute approximate surface area is 212 Å². The number of carbonyl (C=O) groups is 2. The van der Waals surface area contributed by atoms with Gasteiger partial charge in [0.15, 0.2) is 11.5 Å². The average molecular weight is 505 g/mol. The number of hydrogen-bond donors (Lipinski definition) is 2. The highest BCUT2D eigenvalue weighted by molar-refractivity contribution is 6.51. The molecule has 0 spiro atoms. The van der Waals surface area contributed by atoms with Crippen molar-refractivity contribution in [1.29, 1.82) is 5.26 Å². The second kappa shape index (κ2) is 10.0. The van der Waals surface area contributed by atoms with Crippen LogP contribution in [0, 0.1) is 11.3 Å². The standard InChI is InChI=1S/C27H21ClN2O6/c1-3-36-22-13-16(6-10-20(22)31)24-23(25(32)17-7-11-21(35-2)19(28)12-17)26(33)27(34)30(24)18-8-4-15(14-29)5-9-18/h4-13,24,31-32H,3H2,1-2H3/b25-23-. The van der Waals surface area contributed by atoms with Crippen molar-refractivity contribution >= 4 is 34.7 Å². The molecule has 8 nitrogen and oxygen atoms in total. The van der Waals surface area contributed by atoms with Crippen LogP contribution >= 0.6 is 11.6 Å². The molecule has 1 unspecified atom stereocenters. The minimum Gasteiger partial charge on any atom is -0.507 e. The number of benzene rings is 3. The summed E-state index contributed by atoms with van der Waals surface area (Å²) in [6.45, 7) is 2.03. The Balaban J connectivity index is 1.95. The highest BCUT2D eigenvalue weighted by atomic mass is 35.5. The summed E-state index contributed by atoms with van der Waals surface area (Å²) < 4.78 is 10.7. The molecule has 2 N–H and O–H groups in total. The van der Waals surface area contributed by atoms with Crippen LogP contribution in [-0.4, -0.2) is 35.6 Å². The summed E-state index contributed by atoms with van der Waals surface area (Å²) in [6.07, 6.45) is 0. The molecule has 0 aliphatic carbocycles. The first-order chi connectivity index (χ1) is 17.3. The van der Waals surface area contributed by atoms with E-state index in [1.54, 1.807) is 25.1 Å². The summed E-state index contributed by atoms with van der Waals surface area (Å²) in [5.74, 6) is -1.77. The number of ketones is 1. The van der Waals surface area contributed by atoms with Crippen molar-refractivity contribution in [2.75, 3.05) is 18.6 Å². The molecule has 0 radical (unpaired) electrons. The monoisotopic (exact) mass is 504 g/mol. The van der Waals surface area contributed by atoms with Crippen LogP contribution in [-0.2, 0) is 9.59 Å². The van der Waals surface area contributed by atoms with Gasteiger partial charge in [-0.3, -0.25) is 14.5 Å². The van der Waals surface area contributed by atoms with E-state index in [9.17, 15) is 19.8 Å². The molecule has 1 fully saturated rings. The highest BCUT2D eigenvalue weighted by Gasteiger charge is 2.47. The van der Waals surface area contributed by atoms with Crippen molar-refractivity contribution in [3.63, 3.8) is 0 Å². The number of ether oxygens (including phenoxy) is 2. The number of anilines is 1. The van der Waals surface area contributed by atoms with Crippen LogP contribution in [0.5, 0.6) is 17.2 Å². The molecule has 3 aromatic rings. The number of aromatic hydroxyl groups is 1. The van der Waals surface area contributed by atoms with Gasteiger partial charge >= 0.3 is 0 Å². The molecule has 1 atom stereocenters. The zero-order valence-electron chi connectivity index (χ0n) is 19.4. The maximum absolute atomic E-state index is 13.3. The topological polar surface area (TPSA) is 120 Å². The van der Waals surface area contributed by atoms with E-state index >= 15 is 0 Å². The van der Waals surface area contributed by atoms with Crippen LogP contribution in [0.25, 0.3) is 5.76 Å². The fraction of sp³-hybridized carbons (Fsp3) is 0.148. The third-order valence-corrected chi connectivity index (χ3v) is 6.04. The molecule has 0 aromatic heterocycles. The quantitative estimate of drug-likeness (QED) is 0.277. The van der Waals surface area contributed by atoms with E-state index in [0.29, 0.717) is 22.6 Å². The summed E-state index contributed by atoms with van der Waals surface area (Å²) >= 11 is 6.23. The number of rotatable bonds is 6. The number of amides is 1. The van der Waals surface area contributed by atoms with Crippen molar-refractivity contribution in [2.24, 2.45) is 0 Å². The molecule has 9 heteroatoms. The molecule has 182 valence electrons. The smallest absolute Gasteiger partial charge is 0.300 e. The Morgan fingerprint density at radius 1 is 1.08 bits per heavy atom. The van der Waals surface area contributed by atoms with E-state index in [1.807, 2.05) is 6.07 Å². The Morgan fingerprint density at radius 3 is 2.42 bits per heavy atom. The Morgan fingerprint density at radius 2 is 1.81 bits per heavy atom. The van der Waals surface area contributed by atoms with Gasteiger partial charge in [-0.15, -0.1) is 0 Å². The fourth-order valence-corrected chi connectivity index (χ4v) is 4.31. The van der Waals surface area contributed by atoms with E-state index < -0.39 is 23.5 Å². The van der Waals surface area contributed by atoms with Gasteiger partial charge in [-0.25, -0.2) is 0 Å². The number of nitrogens with zero attached hydrogens (tertiary/aromatic N) is 2. The minimum absolute atomic E-state index is 0.113. The van der Waals surface area contributed by atoms with E-state index in [2.05, 4.69) is 0 Å². The molecule has 1 saturated heterocycles. The van der Waals surface area contributed by atoms with E-state index in [-0.39, 0.29) is 34.3 Å². The maximum Gasteiger partial charge on any atom is 0.300 e. The van der Waals surface area contributed by atoms with E-state index in [0.717, 1.165) is 0 Å². The third-order valence-electron chi connectivity index (χ3n) is 5.74. The zero-order valence-corrected chi connectivity index (χ0v) is 20.1. The average Bonchev–Trinajstić information content (AvgIpc) is 3.15. The second-order valence-corrected chi connectivity index (χ2v) is 8.24. The molecule has 3 aromatic carbocycles. The molecule has 1 aliphatic rings. The lowest BCUT2D eigenvalue weighted by atomic mass is 9.94. The molecule has 4 rings (SSSR count). The van der Waals surface area contributed by atoms with Crippen molar-refractivity contribution in [1.82, 2.24) is 0 Å². The van der Waals surface area contributed by atoms with Gasteiger partial charge < -0.3 is 19.7 Å². The first-order valence-electron chi connectivity index (χ1n) is 10.9. The van der Waals surface area contributed by atoms with Gasteiger partial charge in [-0.05, 0) is 67.1 Å². The first-order valence-corrected chi connectivity index (χ1v) is 11.3. The van der Waals surface area contributed by atoms with Gasteiger partial charge in [0.05, 0.1) is 42.0 Å². The van der Waals surface area contributed by atoms with Crippen molar-refractivity contribution < 1.29 is 29.3 Å². The molecule has 0 bridgehead atoms. The molecule has 1 amide bonds. The molecular formula is C27H21ClN2O6. The normalized spacial score (nSPS) is 16.6. The molecule has 1 heterocycles. The number of Topliss-reactive ketones (excluding diaryl/α,β-unsaturated/α-hetero) is 1. The lowest BCUT2D eigenvalue weighted by Gasteiger charge is -2.26. The van der Waals surface area contributed by atoms with Crippen LogP contribution in [0.3, 0.4) is 0 Å². The maximum atomic E-state index is 13.3. The van der Waals surface area contributed by atoms with Crippen LogP contribution in [0.1, 0.15) is 29.7 Å². The Bertz CT molecular complexity index is 1430. The van der Waals surface area contributed by atoms with Gasteiger partial charge in [0, 0.05) is 11.3 Å². The van der Waals surface area contributed by atoms with Gasteiger partial charge in [0.2, 0.25) is 0 Å². The first kappa shape index (κ1) is 24.6. The minimum atomic E-state index is -1.06. The predicted octanol–water partition coefficient (Wildman–Crippen LogP) is 4.95. The summed E-state index contributed by atoms with van der Waals surface area (Å²) in [6, 6.07) is 16.0. The number of methoxy groups -OCH3 is 1. The number of nitriles is 1. The van der Waals surface area contributed by atoms with Gasteiger partial charge in [0.1, 0.15) is 11.5 Å². The van der Waals surface area contributed by atoms with Crippen molar-refractivity contribution in [2.45, 2.75) is 13.0 Å². The lowest BCUT2D eigenvalue weighted by Crippen LogP contribution is -2.29. The second-order valence-electron chi connectivity index (χ2n) is 7.84. The highest BCUT2D eigenvalue weighted by Crippen LogP contribution is 2.44. The van der Waals surface area contributed by atoms with E-state index in [4.69, 9.17) is 26.3 Å². The van der Waals surface area contributed by atoms with Gasteiger partial charge in [-0.2, -0.15) is 5.26 Å². The predicted molar refractivity (Wildman–Crippen MR) is 133 cm³/mol. The van der Waals surface area contributed by atoms with E-state index in [1.165, 1.54) is 54.5 Å². The van der Waals surface area contributed by atoms with Crippen molar-refractivity contribution in [3.05, 3.63) is 87.9 Å².